The Morgan fingerprint density at radius 2 is 2.00 bits per heavy atom. The molecule has 0 radical (unpaired) electrons. The molecule has 2 fully saturated rings. The molecule has 162 valence electrons. The smallest absolute Gasteiger partial charge is 0.268 e. The molecule has 6 nitrogen and oxygen atoms in total. The number of carbonyl (C=O) groups excluding carboxylic acids is 1. The number of H-pyrrole nitrogens is 1. The maximum atomic E-state index is 13.7. The van der Waals surface area contributed by atoms with Crippen LogP contribution in [0.1, 0.15) is 67.0 Å². The van der Waals surface area contributed by atoms with Crippen LogP contribution in [0.25, 0.3) is 10.9 Å². The second-order valence-corrected chi connectivity index (χ2v) is 8.67. The van der Waals surface area contributed by atoms with Crippen molar-refractivity contribution < 1.29 is 18.3 Å². The number of carbonyl (C=O) groups is 1. The lowest BCUT2D eigenvalue weighted by Gasteiger charge is -2.42. The van der Waals surface area contributed by atoms with E-state index in [4.69, 9.17) is 10.5 Å². The van der Waals surface area contributed by atoms with Gasteiger partial charge in [0.25, 0.3) is 5.91 Å². The van der Waals surface area contributed by atoms with E-state index < -0.39 is 11.8 Å². The Morgan fingerprint density at radius 1 is 1.27 bits per heavy atom. The number of pyridine rings is 2. The highest BCUT2D eigenvalue weighted by atomic mass is 19.3. The van der Waals surface area contributed by atoms with Crippen LogP contribution in [0.4, 0.5) is 8.78 Å². The lowest BCUT2D eigenvalue weighted by molar-refractivity contribution is -0.0622. The van der Waals surface area contributed by atoms with Gasteiger partial charge in [0, 0.05) is 43.8 Å². The van der Waals surface area contributed by atoms with Gasteiger partial charge < -0.3 is 15.5 Å². The molecule has 2 heterocycles. The highest BCUT2D eigenvalue weighted by Crippen LogP contribution is 2.48. The minimum absolute atomic E-state index is 0.0468. The fraction of sp³-hybridized carbons (Fsp3) is 0.591. The van der Waals surface area contributed by atoms with Crippen LogP contribution in [0.2, 0.25) is 0 Å². The van der Waals surface area contributed by atoms with Gasteiger partial charge in [-0.3, -0.25) is 14.6 Å². The molecule has 2 aromatic heterocycles. The molecular weight excluding hydrogens is 392 g/mol. The summed E-state index contributed by atoms with van der Waals surface area (Å²) in [4.78, 5) is 31.8. The first kappa shape index (κ1) is 20.9. The van der Waals surface area contributed by atoms with Crippen LogP contribution < -0.4 is 11.2 Å². The molecule has 2 aliphatic rings. The number of rotatable bonds is 4. The van der Waals surface area contributed by atoms with Crippen LogP contribution in [0.15, 0.2) is 23.1 Å². The van der Waals surface area contributed by atoms with E-state index in [0.717, 1.165) is 25.0 Å². The molecule has 3 atom stereocenters. The van der Waals surface area contributed by atoms with E-state index in [1.165, 1.54) is 12.3 Å². The standard InChI is InChI=1S/C22H27F2N3O3/c1-30-13-2-3-14(15(10-13)12-4-7-22(23,24)8-5-12)17-11-18(28)19-16(27-17)6-9-26-20(19)21(25)29/h6,9,11-15H,2-5,7-8,10H2,1H3,(H2,25,29)(H,27,28). The van der Waals surface area contributed by atoms with Gasteiger partial charge >= 0.3 is 0 Å². The maximum absolute atomic E-state index is 13.7. The van der Waals surface area contributed by atoms with Crippen molar-refractivity contribution in [2.75, 3.05) is 7.11 Å². The van der Waals surface area contributed by atoms with E-state index in [1.54, 1.807) is 13.2 Å². The number of hydrogen-bond acceptors (Lipinski definition) is 4. The molecule has 0 aromatic carbocycles. The summed E-state index contributed by atoms with van der Waals surface area (Å²) in [5.41, 5.74) is 6.32. The number of amides is 1. The van der Waals surface area contributed by atoms with Crippen LogP contribution >= 0.6 is 0 Å². The number of ether oxygens (including phenoxy) is 1. The van der Waals surface area contributed by atoms with Crippen LogP contribution in [0, 0.1) is 11.8 Å². The molecule has 2 saturated carbocycles. The molecular formula is C22H27F2N3O3. The summed E-state index contributed by atoms with van der Waals surface area (Å²) in [5.74, 6) is -2.94. The van der Waals surface area contributed by atoms with Crippen molar-refractivity contribution in [2.45, 2.75) is 62.9 Å². The first-order valence-corrected chi connectivity index (χ1v) is 10.5. The highest BCUT2D eigenvalue weighted by molar-refractivity contribution is 6.03. The topological polar surface area (TPSA) is 98.1 Å². The SMILES string of the molecule is COC1CCC(c2cc(=O)c3c(C(N)=O)nccc3[nH]2)C(C2CCC(F)(F)CC2)C1. The minimum Gasteiger partial charge on any atom is -0.381 e. The Hall–Kier alpha value is -2.35. The number of nitrogens with zero attached hydrogens (tertiary/aromatic N) is 1. The number of aromatic nitrogens is 2. The maximum Gasteiger partial charge on any atom is 0.268 e. The predicted octanol–water partition coefficient (Wildman–Crippen LogP) is 3.75. The van der Waals surface area contributed by atoms with Crippen molar-refractivity contribution in [3.63, 3.8) is 0 Å². The average molecular weight is 419 g/mol. The number of alkyl halides is 2. The van der Waals surface area contributed by atoms with E-state index in [-0.39, 0.29) is 53.2 Å². The number of aromatic amines is 1. The van der Waals surface area contributed by atoms with Crippen LogP contribution in [0.5, 0.6) is 0 Å². The van der Waals surface area contributed by atoms with Crippen molar-refractivity contribution >= 4 is 16.8 Å². The van der Waals surface area contributed by atoms with Gasteiger partial charge in [0.05, 0.1) is 17.0 Å². The minimum atomic E-state index is -2.57. The number of nitrogens with two attached hydrogens (primary N) is 1. The van der Waals surface area contributed by atoms with E-state index in [0.29, 0.717) is 18.4 Å². The summed E-state index contributed by atoms with van der Waals surface area (Å²) in [5, 5.41) is 0.188. The Balaban J connectivity index is 1.71. The van der Waals surface area contributed by atoms with E-state index >= 15 is 0 Å². The first-order valence-electron chi connectivity index (χ1n) is 10.5. The molecule has 0 bridgehead atoms. The fourth-order valence-corrected chi connectivity index (χ4v) is 5.38. The third-order valence-corrected chi connectivity index (χ3v) is 6.95. The van der Waals surface area contributed by atoms with E-state index in [1.807, 2.05) is 0 Å². The molecule has 1 amide bonds. The number of hydrogen-bond donors (Lipinski definition) is 2. The molecule has 0 spiro atoms. The molecule has 30 heavy (non-hydrogen) atoms. The zero-order valence-corrected chi connectivity index (χ0v) is 17.0. The fourth-order valence-electron chi connectivity index (χ4n) is 5.38. The lowest BCUT2D eigenvalue weighted by Crippen LogP contribution is -2.37. The quantitative estimate of drug-likeness (QED) is 0.789. The van der Waals surface area contributed by atoms with Crippen molar-refractivity contribution in [1.82, 2.24) is 9.97 Å². The molecule has 0 aliphatic heterocycles. The molecule has 4 rings (SSSR count). The zero-order valence-electron chi connectivity index (χ0n) is 17.0. The summed E-state index contributed by atoms with van der Waals surface area (Å²) in [6, 6.07) is 3.18. The van der Waals surface area contributed by atoms with Gasteiger partial charge in [-0.15, -0.1) is 0 Å². The van der Waals surface area contributed by atoms with Crippen LogP contribution in [-0.4, -0.2) is 35.0 Å². The van der Waals surface area contributed by atoms with Gasteiger partial charge in [0.15, 0.2) is 5.43 Å². The van der Waals surface area contributed by atoms with Crippen molar-refractivity contribution in [3.05, 3.63) is 39.9 Å². The van der Waals surface area contributed by atoms with Crippen LogP contribution in [-0.2, 0) is 4.74 Å². The molecule has 2 aliphatic carbocycles. The summed E-state index contributed by atoms with van der Waals surface area (Å²) in [6.07, 6.45) is 4.81. The van der Waals surface area contributed by atoms with Gasteiger partial charge in [0.1, 0.15) is 5.69 Å². The lowest BCUT2D eigenvalue weighted by atomic mass is 9.66. The third-order valence-electron chi connectivity index (χ3n) is 6.95. The summed E-state index contributed by atoms with van der Waals surface area (Å²) < 4.78 is 33.0. The molecule has 3 unspecified atom stereocenters. The van der Waals surface area contributed by atoms with Crippen LogP contribution in [0.3, 0.4) is 0 Å². The van der Waals surface area contributed by atoms with E-state index in [9.17, 15) is 18.4 Å². The molecule has 3 N–H and O–H groups in total. The largest absolute Gasteiger partial charge is 0.381 e. The Morgan fingerprint density at radius 3 is 2.67 bits per heavy atom. The molecule has 8 heteroatoms. The Labute approximate surface area is 173 Å². The first-order chi connectivity index (χ1) is 14.3. The Bertz CT molecular complexity index is 997. The summed E-state index contributed by atoms with van der Waals surface area (Å²) in [7, 11) is 1.69. The van der Waals surface area contributed by atoms with Gasteiger partial charge in [-0.05, 0) is 50.0 Å². The molecule has 0 saturated heterocycles. The van der Waals surface area contributed by atoms with Crippen molar-refractivity contribution in [3.8, 4) is 0 Å². The van der Waals surface area contributed by atoms with Crippen molar-refractivity contribution in [2.24, 2.45) is 17.6 Å². The number of primary amides is 1. The number of nitrogens with one attached hydrogen (secondary N) is 1. The van der Waals surface area contributed by atoms with E-state index in [2.05, 4.69) is 9.97 Å². The third kappa shape index (κ3) is 3.97. The highest BCUT2D eigenvalue weighted by Gasteiger charge is 2.42. The predicted molar refractivity (Wildman–Crippen MR) is 109 cm³/mol. The average Bonchev–Trinajstić information content (AvgIpc) is 2.72. The second kappa shape index (κ2) is 8.06. The Kier molecular flexibility index (Phi) is 5.61. The summed E-state index contributed by atoms with van der Waals surface area (Å²) >= 11 is 0. The number of methoxy groups -OCH3 is 1. The van der Waals surface area contributed by atoms with Gasteiger partial charge in [-0.1, -0.05) is 0 Å². The second-order valence-electron chi connectivity index (χ2n) is 8.67. The summed E-state index contributed by atoms with van der Waals surface area (Å²) in [6.45, 7) is 0. The van der Waals surface area contributed by atoms with Gasteiger partial charge in [0.2, 0.25) is 5.92 Å². The van der Waals surface area contributed by atoms with Crippen molar-refractivity contribution in [1.29, 1.82) is 0 Å². The van der Waals surface area contributed by atoms with Gasteiger partial charge in [-0.2, -0.15) is 0 Å². The number of halogens is 2. The molecule has 2 aromatic rings. The zero-order chi connectivity index (χ0) is 21.5. The normalized spacial score (nSPS) is 27.2. The van der Waals surface area contributed by atoms with Gasteiger partial charge in [-0.25, -0.2) is 8.78 Å². The monoisotopic (exact) mass is 419 g/mol. The number of fused-ring (bicyclic) bond motifs is 1.